The Kier molecular flexibility index (Phi) is 4.06. The van der Waals surface area contributed by atoms with E-state index >= 15 is 0 Å². The quantitative estimate of drug-likeness (QED) is 0.725. The van der Waals surface area contributed by atoms with Gasteiger partial charge in [-0.2, -0.15) is 0 Å². The van der Waals surface area contributed by atoms with E-state index in [9.17, 15) is 18.8 Å². The summed E-state index contributed by atoms with van der Waals surface area (Å²) in [5, 5.41) is 8.61. The summed E-state index contributed by atoms with van der Waals surface area (Å²) in [6, 6.07) is 1.19. The maximum Gasteiger partial charge on any atom is 0.320 e. The van der Waals surface area contributed by atoms with Gasteiger partial charge in [0.2, 0.25) is 0 Å². The molecule has 5 nitrogen and oxygen atoms in total. The Morgan fingerprint density at radius 2 is 1.82 bits per heavy atom. The lowest BCUT2D eigenvalue weighted by Crippen LogP contribution is -2.32. The summed E-state index contributed by atoms with van der Waals surface area (Å²) < 4.78 is 13.3. The summed E-state index contributed by atoms with van der Waals surface area (Å²) in [5.74, 6) is -2.13. The molecule has 0 aliphatic rings. The number of carboxylic acids is 1. The molecule has 0 spiro atoms. The first-order chi connectivity index (χ1) is 7.99. The lowest BCUT2D eigenvalue weighted by Gasteiger charge is -2.08. The highest BCUT2D eigenvalue weighted by atomic mass is 19.1. The molecule has 0 unspecified atom stereocenters. The van der Waals surface area contributed by atoms with Gasteiger partial charge in [-0.15, -0.1) is 0 Å². The lowest BCUT2D eigenvalue weighted by molar-refractivity contribution is -0.138. The Morgan fingerprint density at radius 3 is 2.18 bits per heavy atom. The Labute approximate surface area is 96.0 Å². The molecule has 0 aliphatic heterocycles. The molecule has 1 rings (SSSR count). The van der Waals surface area contributed by atoms with Gasteiger partial charge in [-0.3, -0.25) is 14.4 Å². The second kappa shape index (κ2) is 5.31. The zero-order chi connectivity index (χ0) is 13.0. The molecule has 0 aliphatic carbocycles. The number of hydrogen-bond donors (Lipinski definition) is 2. The van der Waals surface area contributed by atoms with Crippen LogP contribution < -0.4 is 5.73 Å². The molecule has 90 valence electrons. The topological polar surface area (TPSA) is 97.5 Å². The van der Waals surface area contributed by atoms with Crippen LogP contribution in [0.15, 0.2) is 12.1 Å². The van der Waals surface area contributed by atoms with Crippen LogP contribution in [0.4, 0.5) is 4.39 Å². The van der Waals surface area contributed by atoms with Crippen LogP contribution in [0, 0.1) is 5.82 Å². The minimum absolute atomic E-state index is 0.0860. The first-order valence-corrected chi connectivity index (χ1v) is 4.70. The fourth-order valence-corrected chi connectivity index (χ4v) is 1.37. The van der Waals surface area contributed by atoms with Gasteiger partial charge in [-0.1, -0.05) is 0 Å². The van der Waals surface area contributed by atoms with Crippen molar-refractivity contribution in [2.45, 2.75) is 12.5 Å². The molecule has 0 saturated heterocycles. The third-order valence-corrected chi connectivity index (χ3v) is 2.22. The first-order valence-electron chi connectivity index (χ1n) is 4.70. The maximum absolute atomic E-state index is 13.3. The summed E-state index contributed by atoms with van der Waals surface area (Å²) in [5.41, 5.74) is 5.04. The van der Waals surface area contributed by atoms with Gasteiger partial charge in [0.15, 0.2) is 12.6 Å². The molecule has 1 atom stereocenters. The number of carbonyl (C=O) groups is 3. The van der Waals surface area contributed by atoms with E-state index < -0.39 is 17.8 Å². The van der Waals surface area contributed by atoms with Crippen LogP contribution in [-0.4, -0.2) is 29.7 Å². The van der Waals surface area contributed by atoms with Gasteiger partial charge in [0.1, 0.15) is 11.9 Å². The van der Waals surface area contributed by atoms with Gasteiger partial charge >= 0.3 is 5.97 Å². The molecule has 0 heterocycles. The smallest absolute Gasteiger partial charge is 0.320 e. The van der Waals surface area contributed by atoms with Crippen molar-refractivity contribution in [3.05, 3.63) is 34.6 Å². The highest BCUT2D eigenvalue weighted by molar-refractivity contribution is 5.83. The lowest BCUT2D eigenvalue weighted by atomic mass is 10.0. The molecule has 0 saturated carbocycles. The van der Waals surface area contributed by atoms with E-state index in [4.69, 9.17) is 10.8 Å². The van der Waals surface area contributed by atoms with Crippen LogP contribution >= 0.6 is 0 Å². The summed E-state index contributed by atoms with van der Waals surface area (Å²) in [6.07, 6.45) is 0.438. The second-order valence-electron chi connectivity index (χ2n) is 3.47. The van der Waals surface area contributed by atoms with Gasteiger partial charge < -0.3 is 10.8 Å². The van der Waals surface area contributed by atoms with Crippen molar-refractivity contribution in [3.63, 3.8) is 0 Å². The number of nitrogens with two attached hydrogens (primary N) is 1. The number of carboxylic acid groups (broad SMARTS) is 1. The maximum atomic E-state index is 13.3. The number of benzene rings is 1. The van der Waals surface area contributed by atoms with Gasteiger partial charge in [-0.05, 0) is 24.1 Å². The molecule has 0 fully saturated rings. The molecule has 0 bridgehead atoms. The molecule has 0 amide bonds. The van der Waals surface area contributed by atoms with Gasteiger partial charge in [0.05, 0.1) is 11.1 Å². The number of hydrogen-bond acceptors (Lipinski definition) is 4. The van der Waals surface area contributed by atoms with Crippen LogP contribution in [0.2, 0.25) is 0 Å². The number of carbonyl (C=O) groups excluding carboxylic acids is 2. The minimum atomic E-state index is -1.21. The fourth-order valence-electron chi connectivity index (χ4n) is 1.37. The first kappa shape index (κ1) is 13.0. The van der Waals surface area contributed by atoms with Crippen molar-refractivity contribution in [1.29, 1.82) is 0 Å². The summed E-state index contributed by atoms with van der Waals surface area (Å²) >= 11 is 0. The van der Waals surface area contributed by atoms with Crippen LogP contribution in [0.3, 0.4) is 0 Å². The van der Waals surface area contributed by atoms with Crippen molar-refractivity contribution >= 4 is 18.5 Å². The Hall–Kier alpha value is -2.08. The fraction of sp³-hybridized carbons (Fsp3) is 0.182. The van der Waals surface area contributed by atoms with E-state index in [0.717, 1.165) is 0 Å². The summed E-state index contributed by atoms with van der Waals surface area (Å²) in [4.78, 5) is 31.7. The molecular weight excluding hydrogens is 229 g/mol. The van der Waals surface area contributed by atoms with Crippen LogP contribution in [-0.2, 0) is 11.2 Å². The minimum Gasteiger partial charge on any atom is -0.480 e. The van der Waals surface area contributed by atoms with Gasteiger partial charge in [0, 0.05) is 0 Å². The van der Waals surface area contributed by atoms with Gasteiger partial charge in [-0.25, -0.2) is 4.39 Å². The van der Waals surface area contributed by atoms with Crippen LogP contribution in [0.5, 0.6) is 0 Å². The standard InChI is InChI=1S/C11H10FNO4/c12-10-7(4-14)1-6(2-8(10)5-15)3-9(13)11(16)17/h1-2,4-5,9H,3,13H2,(H,16,17)/t9-/m1/s1. The van der Waals surface area contributed by atoms with E-state index in [1.807, 2.05) is 0 Å². The largest absolute Gasteiger partial charge is 0.480 e. The normalized spacial score (nSPS) is 11.9. The third kappa shape index (κ3) is 2.94. The highest BCUT2D eigenvalue weighted by Crippen LogP contribution is 2.15. The number of halogens is 1. The van der Waals surface area contributed by atoms with Crippen molar-refractivity contribution in [2.24, 2.45) is 5.73 Å². The van der Waals surface area contributed by atoms with Crippen molar-refractivity contribution in [1.82, 2.24) is 0 Å². The van der Waals surface area contributed by atoms with E-state index in [0.29, 0.717) is 5.56 Å². The van der Waals surface area contributed by atoms with E-state index in [2.05, 4.69) is 0 Å². The Morgan fingerprint density at radius 1 is 1.35 bits per heavy atom. The number of aldehydes is 2. The van der Waals surface area contributed by atoms with E-state index in [1.165, 1.54) is 12.1 Å². The van der Waals surface area contributed by atoms with Gasteiger partial charge in [0.25, 0.3) is 0 Å². The van der Waals surface area contributed by atoms with Crippen LogP contribution in [0.25, 0.3) is 0 Å². The van der Waals surface area contributed by atoms with E-state index in [-0.39, 0.29) is 30.1 Å². The molecule has 17 heavy (non-hydrogen) atoms. The molecule has 0 aromatic heterocycles. The van der Waals surface area contributed by atoms with Crippen molar-refractivity contribution < 1.29 is 23.9 Å². The van der Waals surface area contributed by atoms with Crippen molar-refractivity contribution in [3.8, 4) is 0 Å². The molecule has 1 aromatic rings. The van der Waals surface area contributed by atoms with Crippen LogP contribution in [0.1, 0.15) is 26.3 Å². The number of aliphatic carboxylic acids is 1. The Balaban J connectivity index is 3.13. The zero-order valence-corrected chi connectivity index (χ0v) is 8.72. The average Bonchev–Trinajstić information content (AvgIpc) is 2.30. The zero-order valence-electron chi connectivity index (χ0n) is 8.72. The second-order valence-corrected chi connectivity index (χ2v) is 3.47. The third-order valence-electron chi connectivity index (χ3n) is 2.22. The number of rotatable bonds is 5. The molecular formula is C11H10FNO4. The van der Waals surface area contributed by atoms with E-state index in [1.54, 1.807) is 0 Å². The van der Waals surface area contributed by atoms with Crippen molar-refractivity contribution in [2.75, 3.05) is 0 Å². The summed E-state index contributed by atoms with van der Waals surface area (Å²) in [6.45, 7) is 0. The molecule has 6 heteroatoms. The molecule has 3 N–H and O–H groups in total. The molecule has 1 aromatic carbocycles. The predicted octanol–water partition coefficient (Wildman–Crippen LogP) is 0.405. The highest BCUT2D eigenvalue weighted by Gasteiger charge is 2.15. The summed E-state index contributed by atoms with van der Waals surface area (Å²) in [7, 11) is 0. The molecule has 0 radical (unpaired) electrons. The average molecular weight is 239 g/mol. The monoisotopic (exact) mass is 239 g/mol. The predicted molar refractivity (Wildman–Crippen MR) is 56.5 cm³/mol. The SMILES string of the molecule is N[C@H](Cc1cc(C=O)c(F)c(C=O)c1)C(=O)O. The Bertz CT molecular complexity index is 444.